The van der Waals surface area contributed by atoms with Crippen LogP contribution < -0.4 is 10.6 Å². The van der Waals surface area contributed by atoms with Crippen molar-refractivity contribution < 1.29 is 28.2 Å². The number of nitrogens with one attached hydrogen (secondary N) is 2. The summed E-state index contributed by atoms with van der Waals surface area (Å²) in [5.74, 6) is -1.72. The maximum atomic E-state index is 13.3. The number of ether oxygens (including phenoxy) is 2. The second kappa shape index (κ2) is 11.6. The normalized spacial score (nSPS) is 10.7. The third-order valence-corrected chi connectivity index (χ3v) is 6.03. The van der Waals surface area contributed by atoms with E-state index in [4.69, 9.17) is 9.47 Å². The fraction of sp³-hybridized carbons (Fsp3) is 0.238. The first kappa shape index (κ1) is 23.6. The largest absolute Gasteiger partial charge is 0.452 e. The van der Waals surface area contributed by atoms with E-state index >= 15 is 0 Å². The van der Waals surface area contributed by atoms with Crippen LogP contribution in [0.15, 0.2) is 47.4 Å². The highest BCUT2D eigenvalue weighted by Gasteiger charge is 2.16. The molecular weight excluding hydrogens is 457 g/mol. The van der Waals surface area contributed by atoms with Gasteiger partial charge in [-0.15, -0.1) is 11.8 Å². The first-order chi connectivity index (χ1) is 15.5. The number of thioether (sulfide) groups is 1. The van der Waals surface area contributed by atoms with Crippen LogP contribution in [-0.4, -0.2) is 55.4 Å². The number of benzene rings is 2. The van der Waals surface area contributed by atoms with Crippen molar-refractivity contribution in [3.63, 3.8) is 0 Å². The number of esters is 1. The highest BCUT2D eigenvalue weighted by atomic mass is 32.2. The van der Waals surface area contributed by atoms with Crippen LogP contribution in [0.3, 0.4) is 0 Å². The Hall–Kier alpha value is -3.02. The Morgan fingerprint density at radius 3 is 2.78 bits per heavy atom. The van der Waals surface area contributed by atoms with Gasteiger partial charge in [0.25, 0.3) is 5.91 Å². The van der Waals surface area contributed by atoms with E-state index < -0.39 is 24.3 Å². The number of methoxy groups -OCH3 is 1. The highest BCUT2D eigenvalue weighted by Crippen LogP contribution is 2.26. The fourth-order valence-corrected chi connectivity index (χ4v) is 4.34. The van der Waals surface area contributed by atoms with Crippen LogP contribution in [0.5, 0.6) is 0 Å². The van der Waals surface area contributed by atoms with Gasteiger partial charge in [-0.1, -0.05) is 23.5 Å². The summed E-state index contributed by atoms with van der Waals surface area (Å²) >= 11 is 2.31. The summed E-state index contributed by atoms with van der Waals surface area (Å²) in [6.07, 6.45) is 0. The van der Waals surface area contributed by atoms with Crippen LogP contribution in [0.2, 0.25) is 0 Å². The topological polar surface area (TPSA) is 107 Å². The Morgan fingerprint density at radius 2 is 1.97 bits per heavy atom. The molecule has 0 atom stereocenters. The number of fused-ring (bicyclic) bond motifs is 1. The first-order valence-corrected chi connectivity index (χ1v) is 11.3. The third-order valence-electron chi connectivity index (χ3n) is 4.03. The van der Waals surface area contributed by atoms with Crippen LogP contribution in [0, 0.1) is 5.82 Å². The van der Waals surface area contributed by atoms with Crippen molar-refractivity contribution in [2.45, 2.75) is 4.90 Å². The van der Waals surface area contributed by atoms with Gasteiger partial charge in [-0.25, -0.2) is 14.2 Å². The SMILES string of the molecule is COCCNC(=O)CSc1ccccc1C(=O)OCC(=O)Nc1nc2ccc(F)cc2s1. The summed E-state index contributed by atoms with van der Waals surface area (Å²) in [5, 5.41) is 5.52. The molecule has 0 fully saturated rings. The van der Waals surface area contributed by atoms with E-state index in [9.17, 15) is 18.8 Å². The quantitative estimate of drug-likeness (QED) is 0.263. The van der Waals surface area contributed by atoms with Crippen molar-refractivity contribution in [2.24, 2.45) is 0 Å². The van der Waals surface area contributed by atoms with Crippen LogP contribution in [-0.2, 0) is 19.1 Å². The number of aromatic nitrogens is 1. The van der Waals surface area contributed by atoms with E-state index in [0.717, 1.165) is 11.3 Å². The maximum absolute atomic E-state index is 13.3. The maximum Gasteiger partial charge on any atom is 0.339 e. The lowest BCUT2D eigenvalue weighted by Gasteiger charge is -2.09. The molecule has 3 rings (SSSR count). The van der Waals surface area contributed by atoms with Gasteiger partial charge in [-0.3, -0.25) is 14.9 Å². The predicted octanol–water partition coefficient (Wildman–Crippen LogP) is 3.09. The number of nitrogens with zero attached hydrogens (tertiary/aromatic N) is 1. The average Bonchev–Trinajstić information content (AvgIpc) is 3.17. The molecule has 2 N–H and O–H groups in total. The molecule has 2 aromatic carbocycles. The summed E-state index contributed by atoms with van der Waals surface area (Å²) in [5.41, 5.74) is 0.811. The lowest BCUT2D eigenvalue weighted by molar-refractivity contribution is -0.119. The summed E-state index contributed by atoms with van der Waals surface area (Å²) in [6, 6.07) is 10.8. The number of anilines is 1. The van der Waals surface area contributed by atoms with Gasteiger partial charge < -0.3 is 14.8 Å². The number of carbonyl (C=O) groups excluding carboxylic acids is 3. The van der Waals surface area contributed by atoms with Gasteiger partial charge in [0, 0.05) is 18.6 Å². The molecule has 11 heteroatoms. The molecule has 0 aliphatic carbocycles. The Balaban J connectivity index is 1.52. The second-order valence-electron chi connectivity index (χ2n) is 6.38. The molecule has 1 aromatic heterocycles. The van der Waals surface area contributed by atoms with Gasteiger partial charge in [0.15, 0.2) is 11.7 Å². The van der Waals surface area contributed by atoms with Crippen LogP contribution in [0.25, 0.3) is 10.2 Å². The van der Waals surface area contributed by atoms with E-state index in [0.29, 0.717) is 28.3 Å². The number of thiazole rings is 1. The zero-order valence-electron chi connectivity index (χ0n) is 17.1. The zero-order valence-corrected chi connectivity index (χ0v) is 18.7. The van der Waals surface area contributed by atoms with Crippen LogP contribution in [0.1, 0.15) is 10.4 Å². The monoisotopic (exact) mass is 477 g/mol. The van der Waals surface area contributed by atoms with Crippen molar-refractivity contribution in [3.05, 3.63) is 53.8 Å². The van der Waals surface area contributed by atoms with Gasteiger partial charge in [0.1, 0.15) is 5.82 Å². The Kier molecular flexibility index (Phi) is 8.54. The summed E-state index contributed by atoms with van der Waals surface area (Å²) in [7, 11) is 1.54. The Morgan fingerprint density at radius 1 is 1.16 bits per heavy atom. The molecule has 0 radical (unpaired) electrons. The van der Waals surface area contributed by atoms with Gasteiger partial charge >= 0.3 is 5.97 Å². The van der Waals surface area contributed by atoms with E-state index in [1.165, 1.54) is 30.0 Å². The minimum atomic E-state index is -0.686. The van der Waals surface area contributed by atoms with Gasteiger partial charge in [0.2, 0.25) is 5.91 Å². The molecule has 1 heterocycles. The molecule has 32 heavy (non-hydrogen) atoms. The number of carbonyl (C=O) groups is 3. The van der Waals surface area contributed by atoms with Crippen molar-refractivity contribution in [1.82, 2.24) is 10.3 Å². The minimum absolute atomic E-state index is 0.118. The molecule has 0 spiro atoms. The van der Waals surface area contributed by atoms with Gasteiger partial charge in [-0.05, 0) is 30.3 Å². The van der Waals surface area contributed by atoms with Crippen molar-refractivity contribution in [2.75, 3.05) is 37.9 Å². The number of halogens is 1. The molecule has 0 aliphatic rings. The first-order valence-electron chi connectivity index (χ1n) is 9.47. The predicted molar refractivity (Wildman–Crippen MR) is 121 cm³/mol. The smallest absolute Gasteiger partial charge is 0.339 e. The summed E-state index contributed by atoms with van der Waals surface area (Å²) < 4.78 is 23.9. The van der Waals surface area contributed by atoms with E-state index in [-0.39, 0.29) is 22.4 Å². The van der Waals surface area contributed by atoms with Gasteiger partial charge in [0.05, 0.1) is 28.1 Å². The van der Waals surface area contributed by atoms with Crippen LogP contribution in [0.4, 0.5) is 9.52 Å². The fourth-order valence-electron chi connectivity index (χ4n) is 2.56. The molecule has 0 aliphatic heterocycles. The van der Waals surface area contributed by atoms with E-state index in [1.54, 1.807) is 31.4 Å². The van der Waals surface area contributed by atoms with Gasteiger partial charge in [-0.2, -0.15) is 0 Å². The molecule has 168 valence electrons. The van der Waals surface area contributed by atoms with Crippen LogP contribution >= 0.6 is 23.1 Å². The molecule has 2 amide bonds. The zero-order chi connectivity index (χ0) is 22.9. The van der Waals surface area contributed by atoms with Crippen molar-refractivity contribution in [1.29, 1.82) is 0 Å². The molecule has 0 saturated carbocycles. The number of hydrogen-bond donors (Lipinski definition) is 2. The third kappa shape index (κ3) is 6.74. The lowest BCUT2D eigenvalue weighted by Crippen LogP contribution is -2.28. The van der Waals surface area contributed by atoms with Crippen molar-refractivity contribution in [3.8, 4) is 0 Å². The molecule has 8 nitrogen and oxygen atoms in total. The van der Waals surface area contributed by atoms with E-state index in [1.807, 2.05) is 0 Å². The summed E-state index contributed by atoms with van der Waals surface area (Å²) in [4.78, 5) is 41.2. The number of rotatable bonds is 10. The lowest BCUT2D eigenvalue weighted by atomic mass is 10.2. The molecule has 0 saturated heterocycles. The minimum Gasteiger partial charge on any atom is -0.452 e. The molecule has 0 bridgehead atoms. The Bertz CT molecular complexity index is 1120. The second-order valence-corrected chi connectivity index (χ2v) is 8.43. The molecule has 3 aromatic rings. The van der Waals surface area contributed by atoms with E-state index in [2.05, 4.69) is 15.6 Å². The standard InChI is InChI=1S/C21H20FN3O5S2/c1-29-9-8-23-19(27)12-31-16-5-3-2-4-14(16)20(28)30-11-18(26)25-21-24-15-7-6-13(22)10-17(15)32-21/h2-7,10H,8-9,11-12H2,1H3,(H,23,27)(H,24,25,26). The summed E-state index contributed by atoms with van der Waals surface area (Å²) in [6.45, 7) is 0.299. The van der Waals surface area contributed by atoms with Crippen molar-refractivity contribution >= 4 is 56.2 Å². The molecular formula is C21H20FN3O5S2. The highest BCUT2D eigenvalue weighted by molar-refractivity contribution is 8.00. The Labute approximate surface area is 191 Å². The number of hydrogen-bond acceptors (Lipinski definition) is 8. The number of amides is 2. The molecule has 0 unspecified atom stereocenters. The average molecular weight is 478 g/mol.